The Labute approximate surface area is 103 Å². The highest BCUT2D eigenvalue weighted by molar-refractivity contribution is 5.94. The molecule has 6 heteroatoms. The number of nitrogen functional groups attached to an aromatic ring is 1. The summed E-state index contributed by atoms with van der Waals surface area (Å²) in [5.41, 5.74) is 6.23. The Morgan fingerprint density at radius 2 is 2.22 bits per heavy atom. The van der Waals surface area contributed by atoms with E-state index in [2.05, 4.69) is 15.5 Å². The Hall–Kier alpha value is -2.50. The summed E-state index contributed by atoms with van der Waals surface area (Å²) in [6.45, 7) is 0.191. The van der Waals surface area contributed by atoms with Crippen molar-refractivity contribution >= 4 is 11.6 Å². The van der Waals surface area contributed by atoms with Crippen LogP contribution in [0.2, 0.25) is 0 Å². The van der Waals surface area contributed by atoms with Crippen LogP contribution in [-0.2, 0) is 6.54 Å². The maximum absolute atomic E-state index is 13.5. The second-order valence-electron chi connectivity index (χ2n) is 3.64. The van der Waals surface area contributed by atoms with Gasteiger partial charge < -0.3 is 11.1 Å². The number of nitrogens with one attached hydrogen (secondary N) is 1. The van der Waals surface area contributed by atoms with E-state index in [-0.39, 0.29) is 17.8 Å². The minimum atomic E-state index is -0.647. The first kappa shape index (κ1) is 12.0. The van der Waals surface area contributed by atoms with E-state index >= 15 is 0 Å². The average molecular weight is 246 g/mol. The van der Waals surface area contributed by atoms with E-state index in [1.165, 1.54) is 18.3 Å². The Bertz CT molecular complexity index is 559. The van der Waals surface area contributed by atoms with Crippen molar-refractivity contribution in [2.24, 2.45) is 0 Å². The van der Waals surface area contributed by atoms with E-state index < -0.39 is 11.7 Å². The summed E-state index contributed by atoms with van der Waals surface area (Å²) in [7, 11) is 0. The number of hydrogen-bond donors (Lipinski definition) is 2. The zero-order valence-corrected chi connectivity index (χ0v) is 9.43. The third kappa shape index (κ3) is 2.79. The quantitative estimate of drug-likeness (QED) is 0.795. The van der Waals surface area contributed by atoms with Crippen LogP contribution in [0.5, 0.6) is 0 Å². The lowest BCUT2D eigenvalue weighted by atomic mass is 10.2. The van der Waals surface area contributed by atoms with Crippen LogP contribution in [-0.4, -0.2) is 16.1 Å². The van der Waals surface area contributed by atoms with Gasteiger partial charge in [0, 0.05) is 11.9 Å². The highest BCUT2D eigenvalue weighted by Gasteiger charge is 2.11. The number of halogens is 1. The molecule has 0 fully saturated rings. The van der Waals surface area contributed by atoms with Crippen LogP contribution in [0.15, 0.2) is 36.5 Å². The van der Waals surface area contributed by atoms with Crippen molar-refractivity contribution in [3.8, 4) is 0 Å². The van der Waals surface area contributed by atoms with Crippen molar-refractivity contribution in [2.45, 2.75) is 6.54 Å². The summed E-state index contributed by atoms with van der Waals surface area (Å²) >= 11 is 0. The fourth-order valence-corrected chi connectivity index (χ4v) is 1.41. The molecule has 92 valence electrons. The number of carbonyl (C=O) groups is 1. The van der Waals surface area contributed by atoms with Crippen molar-refractivity contribution in [1.82, 2.24) is 15.5 Å². The van der Waals surface area contributed by atoms with Gasteiger partial charge in [-0.15, -0.1) is 0 Å². The van der Waals surface area contributed by atoms with Gasteiger partial charge in [0.25, 0.3) is 5.91 Å². The van der Waals surface area contributed by atoms with Crippen LogP contribution >= 0.6 is 0 Å². The molecule has 0 saturated carbocycles. The van der Waals surface area contributed by atoms with Crippen LogP contribution in [0.1, 0.15) is 16.1 Å². The Morgan fingerprint density at radius 3 is 2.89 bits per heavy atom. The summed E-state index contributed by atoms with van der Waals surface area (Å²) in [5.74, 6) is -1.16. The molecular weight excluding hydrogens is 235 g/mol. The summed E-state index contributed by atoms with van der Waals surface area (Å²) in [4.78, 5) is 11.7. The molecule has 0 aliphatic carbocycles. The van der Waals surface area contributed by atoms with Gasteiger partial charge in [-0.05, 0) is 30.3 Å². The van der Waals surface area contributed by atoms with Gasteiger partial charge in [0.2, 0.25) is 0 Å². The maximum atomic E-state index is 13.5. The van der Waals surface area contributed by atoms with Crippen molar-refractivity contribution in [3.63, 3.8) is 0 Å². The number of benzene rings is 1. The number of rotatable bonds is 3. The second kappa shape index (κ2) is 5.22. The van der Waals surface area contributed by atoms with Crippen molar-refractivity contribution in [2.75, 3.05) is 5.73 Å². The fraction of sp³-hybridized carbons (Fsp3) is 0.0833. The Balaban J connectivity index is 2.04. The van der Waals surface area contributed by atoms with E-state index in [4.69, 9.17) is 5.73 Å². The number of nitrogens with zero attached hydrogens (tertiary/aromatic N) is 2. The molecule has 1 heterocycles. The topological polar surface area (TPSA) is 80.9 Å². The van der Waals surface area contributed by atoms with E-state index in [9.17, 15) is 9.18 Å². The molecule has 5 nitrogen and oxygen atoms in total. The van der Waals surface area contributed by atoms with Gasteiger partial charge in [0.05, 0.1) is 17.8 Å². The number of carbonyl (C=O) groups excluding carboxylic acids is 1. The van der Waals surface area contributed by atoms with Crippen molar-refractivity contribution in [1.29, 1.82) is 0 Å². The molecule has 1 aromatic carbocycles. The number of nitrogens with two attached hydrogens (primary N) is 1. The summed E-state index contributed by atoms with van der Waals surface area (Å²) in [5, 5.41) is 10.0. The molecule has 3 N–H and O–H groups in total. The lowest BCUT2D eigenvalue weighted by Gasteiger charge is -2.05. The minimum absolute atomic E-state index is 0.0481. The standard InChI is InChI=1S/C12H11FN4O/c13-11-6-8(14)3-4-10(11)12(18)15-7-9-2-1-5-16-17-9/h1-6H,7,14H2,(H,15,18). The van der Waals surface area contributed by atoms with Crippen LogP contribution in [0.4, 0.5) is 10.1 Å². The van der Waals surface area contributed by atoms with Crippen LogP contribution in [0.3, 0.4) is 0 Å². The average Bonchev–Trinajstić information content (AvgIpc) is 2.37. The van der Waals surface area contributed by atoms with Gasteiger partial charge in [0.1, 0.15) is 5.82 Å². The van der Waals surface area contributed by atoms with Crippen molar-refractivity contribution < 1.29 is 9.18 Å². The molecule has 0 spiro atoms. The lowest BCUT2D eigenvalue weighted by molar-refractivity contribution is 0.0946. The van der Waals surface area contributed by atoms with Gasteiger partial charge in [-0.1, -0.05) is 0 Å². The second-order valence-corrected chi connectivity index (χ2v) is 3.64. The first-order chi connectivity index (χ1) is 8.66. The Kier molecular flexibility index (Phi) is 3.47. The molecule has 0 saturated heterocycles. The van der Waals surface area contributed by atoms with Gasteiger partial charge in [-0.25, -0.2) is 4.39 Å². The monoisotopic (exact) mass is 246 g/mol. The summed E-state index contributed by atoms with van der Waals surface area (Å²) in [6.07, 6.45) is 1.53. The van der Waals surface area contributed by atoms with Gasteiger partial charge in [0.15, 0.2) is 0 Å². The zero-order valence-electron chi connectivity index (χ0n) is 9.43. The van der Waals surface area contributed by atoms with Gasteiger partial charge in [-0.3, -0.25) is 4.79 Å². The van der Waals surface area contributed by atoms with E-state index in [0.717, 1.165) is 6.07 Å². The third-order valence-corrected chi connectivity index (χ3v) is 2.30. The molecule has 0 atom stereocenters. The number of amides is 1. The fourth-order valence-electron chi connectivity index (χ4n) is 1.41. The molecule has 0 unspecified atom stereocenters. The molecule has 18 heavy (non-hydrogen) atoms. The van der Waals surface area contributed by atoms with Crippen LogP contribution < -0.4 is 11.1 Å². The predicted octanol–water partition coefficient (Wildman–Crippen LogP) is 1.13. The Morgan fingerprint density at radius 1 is 1.39 bits per heavy atom. The van der Waals surface area contributed by atoms with Crippen LogP contribution in [0, 0.1) is 5.82 Å². The molecule has 1 aromatic heterocycles. The minimum Gasteiger partial charge on any atom is -0.399 e. The van der Waals surface area contributed by atoms with Crippen molar-refractivity contribution in [3.05, 3.63) is 53.6 Å². The largest absolute Gasteiger partial charge is 0.399 e. The first-order valence-electron chi connectivity index (χ1n) is 5.26. The molecule has 0 bridgehead atoms. The highest BCUT2D eigenvalue weighted by atomic mass is 19.1. The number of anilines is 1. The van der Waals surface area contributed by atoms with E-state index in [1.807, 2.05) is 0 Å². The smallest absolute Gasteiger partial charge is 0.254 e. The third-order valence-electron chi connectivity index (χ3n) is 2.30. The predicted molar refractivity (Wildman–Crippen MR) is 64.0 cm³/mol. The molecular formula is C12H11FN4O. The summed E-state index contributed by atoms with van der Waals surface area (Å²) in [6, 6.07) is 7.35. The van der Waals surface area contributed by atoms with E-state index in [0.29, 0.717) is 5.69 Å². The zero-order chi connectivity index (χ0) is 13.0. The number of hydrogen-bond acceptors (Lipinski definition) is 4. The molecule has 1 amide bonds. The normalized spacial score (nSPS) is 10.1. The van der Waals surface area contributed by atoms with Gasteiger partial charge in [-0.2, -0.15) is 10.2 Å². The van der Waals surface area contributed by atoms with Crippen LogP contribution in [0.25, 0.3) is 0 Å². The molecule has 2 aromatic rings. The lowest BCUT2D eigenvalue weighted by Crippen LogP contribution is -2.24. The highest BCUT2D eigenvalue weighted by Crippen LogP contribution is 2.11. The molecule has 2 rings (SSSR count). The van der Waals surface area contributed by atoms with Gasteiger partial charge >= 0.3 is 0 Å². The summed E-state index contributed by atoms with van der Waals surface area (Å²) < 4.78 is 13.5. The maximum Gasteiger partial charge on any atom is 0.254 e. The molecule has 0 aliphatic heterocycles. The molecule has 0 radical (unpaired) electrons. The van der Waals surface area contributed by atoms with E-state index in [1.54, 1.807) is 12.1 Å². The number of aromatic nitrogens is 2. The first-order valence-corrected chi connectivity index (χ1v) is 5.26. The SMILES string of the molecule is Nc1ccc(C(=O)NCc2cccnn2)c(F)c1. The molecule has 0 aliphatic rings.